The van der Waals surface area contributed by atoms with Gasteiger partial charge in [0.1, 0.15) is 0 Å². The van der Waals surface area contributed by atoms with Crippen molar-refractivity contribution in [2.45, 2.75) is 12.5 Å². The van der Waals surface area contributed by atoms with Crippen molar-refractivity contribution in [3.05, 3.63) is 21.8 Å². The summed E-state index contributed by atoms with van der Waals surface area (Å²) in [5, 5.41) is 0. The van der Waals surface area contributed by atoms with Crippen molar-refractivity contribution in [3.63, 3.8) is 0 Å². The van der Waals surface area contributed by atoms with Crippen LogP contribution in [0.4, 0.5) is 0 Å². The van der Waals surface area contributed by atoms with Crippen LogP contribution in [-0.2, 0) is 0 Å². The first-order valence-corrected chi connectivity index (χ1v) is 7.24. The maximum Gasteiger partial charge on any atom is 0.174 e. The summed E-state index contributed by atoms with van der Waals surface area (Å²) in [4.78, 5) is 0. The zero-order chi connectivity index (χ0) is 10.4. The van der Waals surface area contributed by atoms with Gasteiger partial charge in [-0.1, -0.05) is 12.1 Å². The van der Waals surface area contributed by atoms with E-state index in [0.717, 1.165) is 28.1 Å². The molecule has 0 bridgehead atoms. The van der Waals surface area contributed by atoms with E-state index in [2.05, 4.69) is 22.6 Å². The van der Waals surface area contributed by atoms with Crippen molar-refractivity contribution in [1.29, 1.82) is 0 Å². The van der Waals surface area contributed by atoms with Crippen LogP contribution in [0.3, 0.4) is 0 Å². The minimum absolute atomic E-state index is 0.792. The SMILES string of the molecule is COc1cccc(I)c1OCCC[SiH3]. The highest BCUT2D eigenvalue weighted by Crippen LogP contribution is 2.31. The highest BCUT2D eigenvalue weighted by Gasteiger charge is 2.07. The molecular weight excluding hydrogens is 307 g/mol. The molecule has 0 amide bonds. The van der Waals surface area contributed by atoms with Gasteiger partial charge in [-0.2, -0.15) is 0 Å². The average molecular weight is 322 g/mol. The number of hydrogen-bond acceptors (Lipinski definition) is 2. The third-order valence-corrected chi connectivity index (χ3v) is 3.45. The summed E-state index contributed by atoms with van der Waals surface area (Å²) < 4.78 is 12.0. The minimum atomic E-state index is 0.792. The summed E-state index contributed by atoms with van der Waals surface area (Å²) in [6.45, 7) is 0.792. The normalized spacial score (nSPS) is 10.1. The van der Waals surface area contributed by atoms with Crippen molar-refractivity contribution < 1.29 is 9.47 Å². The van der Waals surface area contributed by atoms with Crippen LogP contribution >= 0.6 is 22.6 Å². The van der Waals surface area contributed by atoms with Crippen LogP contribution in [0.25, 0.3) is 0 Å². The van der Waals surface area contributed by atoms with Crippen molar-refractivity contribution in [2.75, 3.05) is 13.7 Å². The summed E-state index contributed by atoms with van der Waals surface area (Å²) >= 11 is 2.26. The average Bonchev–Trinajstić information content (AvgIpc) is 2.20. The molecule has 0 atom stereocenters. The minimum Gasteiger partial charge on any atom is -0.493 e. The summed E-state index contributed by atoms with van der Waals surface area (Å²) in [6.07, 6.45) is 1.14. The van der Waals surface area contributed by atoms with E-state index < -0.39 is 0 Å². The van der Waals surface area contributed by atoms with Gasteiger partial charge in [0.05, 0.1) is 17.3 Å². The maximum absolute atomic E-state index is 5.69. The maximum atomic E-state index is 5.69. The monoisotopic (exact) mass is 322 g/mol. The number of hydrogen-bond donors (Lipinski definition) is 0. The van der Waals surface area contributed by atoms with Crippen LogP contribution in [0.1, 0.15) is 6.42 Å². The number of rotatable bonds is 5. The zero-order valence-electron chi connectivity index (χ0n) is 8.55. The standard InChI is InChI=1S/C10H15IO2Si/c1-12-9-5-2-4-8(11)10(9)13-6-3-7-14/h2,4-5H,3,6-7H2,1,14H3. The molecule has 0 aromatic heterocycles. The molecule has 0 aliphatic heterocycles. The highest BCUT2D eigenvalue weighted by molar-refractivity contribution is 14.1. The van der Waals surface area contributed by atoms with Gasteiger partial charge in [0.25, 0.3) is 0 Å². The first kappa shape index (κ1) is 11.8. The molecule has 1 rings (SSSR count). The molecule has 0 saturated heterocycles. The lowest BCUT2D eigenvalue weighted by atomic mass is 10.3. The fourth-order valence-electron chi connectivity index (χ4n) is 1.11. The lowest BCUT2D eigenvalue weighted by Crippen LogP contribution is -2.00. The van der Waals surface area contributed by atoms with Crippen LogP contribution < -0.4 is 9.47 Å². The Balaban J connectivity index is 2.72. The predicted octanol–water partition coefficient (Wildman–Crippen LogP) is 1.85. The molecule has 0 heterocycles. The second kappa shape index (κ2) is 6.29. The van der Waals surface area contributed by atoms with Gasteiger partial charge in [-0.25, -0.2) is 0 Å². The number of benzene rings is 1. The Bertz CT molecular complexity index is 291. The van der Waals surface area contributed by atoms with Crippen molar-refractivity contribution in [1.82, 2.24) is 0 Å². The predicted molar refractivity (Wildman–Crippen MR) is 70.6 cm³/mol. The molecular formula is C10H15IO2Si. The van der Waals surface area contributed by atoms with E-state index in [-0.39, 0.29) is 0 Å². The lowest BCUT2D eigenvalue weighted by molar-refractivity contribution is 0.292. The van der Waals surface area contributed by atoms with E-state index in [1.807, 2.05) is 18.2 Å². The summed E-state index contributed by atoms with van der Waals surface area (Å²) in [6, 6.07) is 7.21. The smallest absolute Gasteiger partial charge is 0.174 e. The largest absolute Gasteiger partial charge is 0.493 e. The summed E-state index contributed by atoms with van der Waals surface area (Å²) in [5.41, 5.74) is 0. The molecule has 2 nitrogen and oxygen atoms in total. The first-order chi connectivity index (χ1) is 6.79. The molecule has 0 unspecified atom stereocenters. The van der Waals surface area contributed by atoms with Gasteiger partial charge >= 0.3 is 0 Å². The second-order valence-corrected chi connectivity index (χ2v) is 5.14. The molecule has 0 spiro atoms. The van der Waals surface area contributed by atoms with E-state index >= 15 is 0 Å². The molecule has 14 heavy (non-hydrogen) atoms. The molecule has 0 radical (unpaired) electrons. The van der Waals surface area contributed by atoms with Gasteiger partial charge in [-0.15, -0.1) is 0 Å². The van der Waals surface area contributed by atoms with Crippen molar-refractivity contribution >= 4 is 32.8 Å². The quantitative estimate of drug-likeness (QED) is 0.468. The topological polar surface area (TPSA) is 18.5 Å². The molecule has 0 aliphatic carbocycles. The van der Waals surface area contributed by atoms with E-state index in [4.69, 9.17) is 9.47 Å². The zero-order valence-corrected chi connectivity index (χ0v) is 12.7. The van der Waals surface area contributed by atoms with Crippen molar-refractivity contribution in [3.8, 4) is 11.5 Å². The van der Waals surface area contributed by atoms with Crippen LogP contribution in [0.5, 0.6) is 11.5 Å². The Morgan fingerprint density at radius 3 is 2.86 bits per heavy atom. The molecule has 0 aliphatic rings. The van der Waals surface area contributed by atoms with Gasteiger partial charge < -0.3 is 9.47 Å². The third kappa shape index (κ3) is 3.16. The van der Waals surface area contributed by atoms with Crippen LogP contribution in [0, 0.1) is 3.57 Å². The molecule has 0 saturated carbocycles. The van der Waals surface area contributed by atoms with E-state index in [1.165, 1.54) is 16.3 Å². The Labute approximate surface area is 102 Å². The molecule has 0 fully saturated rings. The van der Waals surface area contributed by atoms with E-state index in [0.29, 0.717) is 0 Å². The van der Waals surface area contributed by atoms with Gasteiger partial charge in [0.2, 0.25) is 0 Å². The number of halogens is 1. The molecule has 78 valence electrons. The third-order valence-electron chi connectivity index (χ3n) is 1.90. The Hall–Kier alpha value is -0.233. The molecule has 1 aromatic carbocycles. The molecule has 1 aromatic rings. The number of ether oxygens (including phenoxy) is 2. The van der Waals surface area contributed by atoms with Gasteiger partial charge in [-0.3, -0.25) is 0 Å². The lowest BCUT2D eigenvalue weighted by Gasteiger charge is -2.11. The van der Waals surface area contributed by atoms with Crippen LogP contribution in [0.15, 0.2) is 18.2 Å². The Morgan fingerprint density at radius 1 is 1.43 bits per heavy atom. The second-order valence-electron chi connectivity index (χ2n) is 2.97. The number of methoxy groups -OCH3 is 1. The van der Waals surface area contributed by atoms with E-state index in [1.54, 1.807) is 7.11 Å². The fraction of sp³-hybridized carbons (Fsp3) is 0.400. The van der Waals surface area contributed by atoms with Gasteiger partial charge in [0, 0.05) is 10.2 Å². The van der Waals surface area contributed by atoms with Crippen LogP contribution in [-0.4, -0.2) is 24.0 Å². The van der Waals surface area contributed by atoms with Crippen LogP contribution in [0.2, 0.25) is 6.04 Å². The molecule has 0 N–H and O–H groups in total. The Morgan fingerprint density at radius 2 is 2.21 bits per heavy atom. The van der Waals surface area contributed by atoms with E-state index in [9.17, 15) is 0 Å². The summed E-state index contributed by atoms with van der Waals surface area (Å²) in [5.74, 6) is 1.70. The fourth-order valence-corrected chi connectivity index (χ4v) is 2.03. The van der Waals surface area contributed by atoms with Gasteiger partial charge in [0.15, 0.2) is 11.5 Å². The summed E-state index contributed by atoms with van der Waals surface area (Å²) in [7, 11) is 2.92. The first-order valence-electron chi connectivity index (χ1n) is 4.75. The number of para-hydroxylation sites is 1. The Kier molecular flexibility index (Phi) is 5.32. The molecule has 4 heteroatoms. The highest BCUT2D eigenvalue weighted by atomic mass is 127. The van der Waals surface area contributed by atoms with Crippen molar-refractivity contribution in [2.24, 2.45) is 0 Å². The van der Waals surface area contributed by atoms with Gasteiger partial charge in [-0.05, 0) is 41.1 Å².